The van der Waals surface area contributed by atoms with E-state index < -0.39 is 33.4 Å². The summed E-state index contributed by atoms with van der Waals surface area (Å²) in [4.78, 5) is 39.8. The molecule has 2 N–H and O–H groups in total. The van der Waals surface area contributed by atoms with Crippen molar-refractivity contribution in [1.82, 2.24) is 9.71 Å². The molecule has 8 nitrogen and oxygen atoms in total. The first-order valence-electron chi connectivity index (χ1n) is 9.73. The van der Waals surface area contributed by atoms with Crippen LogP contribution in [0.1, 0.15) is 77.1 Å². The summed E-state index contributed by atoms with van der Waals surface area (Å²) in [7, 11) is -3.73. The molecule has 168 valence electrons. The summed E-state index contributed by atoms with van der Waals surface area (Å²) >= 11 is 0. The minimum Gasteiger partial charge on any atom is -0.451 e. The molecule has 0 radical (unpaired) electrons. The largest absolute Gasteiger partial charge is 0.451 e. The van der Waals surface area contributed by atoms with Gasteiger partial charge in [-0.25, -0.2) is 17.9 Å². The van der Waals surface area contributed by atoms with Gasteiger partial charge in [0, 0.05) is 16.8 Å². The van der Waals surface area contributed by atoms with Crippen LogP contribution < -0.4 is 4.72 Å². The lowest BCUT2D eigenvalue weighted by molar-refractivity contribution is 0.0317. The Kier molecular flexibility index (Phi) is 6.92. The smallest absolute Gasteiger partial charge is 0.338 e. The van der Waals surface area contributed by atoms with Crippen molar-refractivity contribution in [2.45, 2.75) is 65.0 Å². The van der Waals surface area contributed by atoms with Gasteiger partial charge in [-0.2, -0.15) is 0 Å². The zero-order valence-corrected chi connectivity index (χ0v) is 19.6. The average Bonchev–Trinajstić information content (AvgIpc) is 2.93. The Morgan fingerprint density at radius 2 is 1.61 bits per heavy atom. The van der Waals surface area contributed by atoms with Crippen molar-refractivity contribution in [3.63, 3.8) is 0 Å². The van der Waals surface area contributed by atoms with Crippen molar-refractivity contribution < 1.29 is 27.5 Å². The summed E-state index contributed by atoms with van der Waals surface area (Å²) in [6.45, 7) is 11.4. The molecule has 1 aromatic heterocycles. The summed E-state index contributed by atoms with van der Waals surface area (Å²) < 4.78 is 32.5. The second kappa shape index (κ2) is 8.76. The van der Waals surface area contributed by atoms with E-state index in [4.69, 9.17) is 4.74 Å². The molecule has 1 atom stereocenters. The van der Waals surface area contributed by atoms with E-state index in [2.05, 4.69) is 9.71 Å². The van der Waals surface area contributed by atoms with E-state index >= 15 is 0 Å². The highest BCUT2D eigenvalue weighted by Gasteiger charge is 2.27. The Bertz CT molecular complexity index is 1120. The summed E-state index contributed by atoms with van der Waals surface area (Å²) in [5.74, 6) is -1.39. The van der Waals surface area contributed by atoms with Crippen molar-refractivity contribution in [3.8, 4) is 0 Å². The molecule has 2 rings (SSSR count). The lowest BCUT2D eigenvalue weighted by atomic mass is 10.0. The Morgan fingerprint density at radius 1 is 1.06 bits per heavy atom. The first kappa shape index (κ1) is 24.5. The Balaban J connectivity index is 2.16. The van der Waals surface area contributed by atoms with Crippen LogP contribution in [0.5, 0.6) is 0 Å². The number of ether oxygens (including phenoxy) is 1. The number of aryl methyl sites for hydroxylation is 1. The van der Waals surface area contributed by atoms with Gasteiger partial charge in [-0.1, -0.05) is 0 Å². The minimum absolute atomic E-state index is 0.0114. The van der Waals surface area contributed by atoms with Gasteiger partial charge in [0.2, 0.25) is 15.8 Å². The maximum absolute atomic E-state index is 12.7. The fraction of sp³-hybridized carbons (Fsp3) is 0.409. The molecule has 0 aliphatic heterocycles. The third-order valence-corrected chi connectivity index (χ3v) is 6.30. The number of sulfonamides is 1. The van der Waals surface area contributed by atoms with Crippen LogP contribution in [0.4, 0.5) is 0 Å². The minimum atomic E-state index is -3.73. The van der Waals surface area contributed by atoms with Crippen molar-refractivity contribution in [2.24, 2.45) is 0 Å². The Morgan fingerprint density at radius 3 is 2.06 bits per heavy atom. The van der Waals surface area contributed by atoms with E-state index in [1.807, 2.05) is 0 Å². The molecular weight excluding hydrogens is 420 g/mol. The fourth-order valence-corrected chi connectivity index (χ4v) is 4.66. The summed E-state index contributed by atoms with van der Waals surface area (Å²) in [5, 5.41) is 0. The third-order valence-electron chi connectivity index (χ3n) is 4.53. The van der Waals surface area contributed by atoms with Gasteiger partial charge in [0.05, 0.1) is 16.2 Å². The normalized spacial score (nSPS) is 13.0. The zero-order valence-electron chi connectivity index (χ0n) is 18.7. The Hall–Kier alpha value is -2.78. The number of carbonyl (C=O) groups excluding carboxylic acids is 3. The molecule has 0 saturated carbocycles. The van der Waals surface area contributed by atoms with Crippen LogP contribution in [0.25, 0.3) is 0 Å². The SMILES string of the molecule is CC(=O)c1c(C)[nH]c(C(=O)C(C)OC(=O)c2ccc(S(=O)(=O)NC(C)(C)C)cc2)c1C. The van der Waals surface area contributed by atoms with Gasteiger partial charge in [-0.15, -0.1) is 0 Å². The molecule has 0 saturated heterocycles. The van der Waals surface area contributed by atoms with E-state index in [9.17, 15) is 22.8 Å². The van der Waals surface area contributed by atoms with Crippen LogP contribution in [0.2, 0.25) is 0 Å². The highest BCUT2D eigenvalue weighted by atomic mass is 32.2. The number of nitrogens with one attached hydrogen (secondary N) is 2. The number of esters is 1. The molecule has 0 aliphatic rings. The first-order valence-corrected chi connectivity index (χ1v) is 11.2. The van der Waals surface area contributed by atoms with E-state index in [1.54, 1.807) is 34.6 Å². The molecular formula is C22H28N2O6S. The summed E-state index contributed by atoms with van der Waals surface area (Å²) in [6, 6.07) is 5.26. The van der Waals surface area contributed by atoms with Gasteiger partial charge >= 0.3 is 5.97 Å². The summed E-state index contributed by atoms with van der Waals surface area (Å²) in [5.41, 5.74) is 1.22. The van der Waals surface area contributed by atoms with Crippen LogP contribution in [0.15, 0.2) is 29.2 Å². The standard InChI is InChI=1S/C22H28N2O6S/c1-12-18(14(3)25)13(2)23-19(12)20(26)15(4)30-21(27)16-8-10-17(11-9-16)31(28,29)24-22(5,6)7/h8-11,15,23-24H,1-7H3. The molecule has 0 amide bonds. The Labute approximate surface area is 182 Å². The molecule has 1 aromatic carbocycles. The second-order valence-corrected chi connectivity index (χ2v) is 10.2. The molecule has 0 spiro atoms. The highest BCUT2D eigenvalue weighted by molar-refractivity contribution is 7.89. The quantitative estimate of drug-likeness (QED) is 0.495. The highest BCUT2D eigenvalue weighted by Crippen LogP contribution is 2.21. The third kappa shape index (κ3) is 5.68. The molecule has 0 bridgehead atoms. The molecule has 31 heavy (non-hydrogen) atoms. The maximum Gasteiger partial charge on any atom is 0.338 e. The number of carbonyl (C=O) groups is 3. The topological polar surface area (TPSA) is 122 Å². The molecule has 2 aromatic rings. The van der Waals surface area contributed by atoms with Crippen molar-refractivity contribution >= 4 is 27.6 Å². The average molecular weight is 449 g/mol. The molecule has 9 heteroatoms. The predicted octanol–water partition coefficient (Wildman–Crippen LogP) is 3.34. The number of benzene rings is 1. The van der Waals surface area contributed by atoms with E-state index in [0.29, 0.717) is 16.8 Å². The van der Waals surface area contributed by atoms with Gasteiger partial charge in [0.1, 0.15) is 0 Å². The fourth-order valence-electron chi connectivity index (χ4n) is 3.24. The van der Waals surface area contributed by atoms with Crippen molar-refractivity contribution in [3.05, 3.63) is 52.3 Å². The number of aromatic nitrogens is 1. The summed E-state index contributed by atoms with van der Waals surface area (Å²) in [6.07, 6.45) is -1.10. The maximum atomic E-state index is 12.7. The van der Waals surface area contributed by atoms with Crippen LogP contribution >= 0.6 is 0 Å². The molecule has 0 fully saturated rings. The van der Waals surface area contributed by atoms with E-state index in [0.717, 1.165) is 0 Å². The number of ketones is 2. The van der Waals surface area contributed by atoms with E-state index in [1.165, 1.54) is 38.1 Å². The second-order valence-electron chi connectivity index (χ2n) is 8.47. The van der Waals surface area contributed by atoms with Crippen LogP contribution in [-0.2, 0) is 14.8 Å². The van der Waals surface area contributed by atoms with Gasteiger partial charge in [-0.05, 0) is 78.3 Å². The first-order chi connectivity index (χ1) is 14.1. The number of Topliss-reactive ketones (excluding diaryl/α,β-unsaturated/α-hetero) is 2. The number of hydrogen-bond acceptors (Lipinski definition) is 6. The van der Waals surface area contributed by atoms with Crippen LogP contribution in [0, 0.1) is 13.8 Å². The van der Waals surface area contributed by atoms with Crippen LogP contribution in [-0.4, -0.2) is 42.6 Å². The van der Waals surface area contributed by atoms with Gasteiger partial charge in [0.25, 0.3) is 0 Å². The van der Waals surface area contributed by atoms with Gasteiger partial charge < -0.3 is 9.72 Å². The van der Waals surface area contributed by atoms with Gasteiger partial charge in [-0.3, -0.25) is 9.59 Å². The molecule has 0 aliphatic carbocycles. The number of H-pyrrole nitrogens is 1. The van der Waals surface area contributed by atoms with Crippen LogP contribution in [0.3, 0.4) is 0 Å². The number of rotatable bonds is 7. The molecule has 1 heterocycles. The zero-order chi connectivity index (χ0) is 23.7. The number of hydrogen-bond donors (Lipinski definition) is 2. The number of aromatic amines is 1. The van der Waals surface area contributed by atoms with Gasteiger partial charge in [0.15, 0.2) is 11.9 Å². The predicted molar refractivity (Wildman–Crippen MR) is 116 cm³/mol. The lowest BCUT2D eigenvalue weighted by Gasteiger charge is -2.20. The van der Waals surface area contributed by atoms with Crippen molar-refractivity contribution in [1.29, 1.82) is 0 Å². The van der Waals surface area contributed by atoms with E-state index in [-0.39, 0.29) is 21.9 Å². The molecule has 1 unspecified atom stereocenters. The monoisotopic (exact) mass is 448 g/mol. The van der Waals surface area contributed by atoms with Crippen molar-refractivity contribution in [2.75, 3.05) is 0 Å². The lowest BCUT2D eigenvalue weighted by Crippen LogP contribution is -2.40.